The molecule has 0 spiro atoms. The molecule has 1 fully saturated rings. The van der Waals surface area contributed by atoms with Crippen LogP contribution in [0, 0.1) is 12.8 Å². The zero-order valence-electron chi connectivity index (χ0n) is 16.6. The highest BCUT2D eigenvalue weighted by atomic mass is 15.4. The first-order chi connectivity index (χ1) is 11.3. The number of hydrogen-bond acceptors (Lipinski definition) is 5. The van der Waals surface area contributed by atoms with Gasteiger partial charge in [-0.25, -0.2) is 0 Å². The highest BCUT2D eigenvalue weighted by molar-refractivity contribution is 5.48. The fourth-order valence-electron chi connectivity index (χ4n) is 3.74. The van der Waals surface area contributed by atoms with Crippen LogP contribution in [0.25, 0.3) is 0 Å². The van der Waals surface area contributed by atoms with Gasteiger partial charge in [-0.05, 0) is 19.9 Å². The summed E-state index contributed by atoms with van der Waals surface area (Å²) in [5, 5.41) is 8.29. The van der Waals surface area contributed by atoms with E-state index in [1.807, 2.05) is 11.7 Å². The molecule has 6 heteroatoms. The zero-order valence-corrected chi connectivity index (χ0v) is 16.6. The summed E-state index contributed by atoms with van der Waals surface area (Å²) in [6, 6.07) is 0.596. The van der Waals surface area contributed by atoms with Crippen LogP contribution in [-0.4, -0.2) is 79.5 Å². The summed E-state index contributed by atoms with van der Waals surface area (Å²) < 4.78 is 1.98. The molecule has 0 radical (unpaired) electrons. The van der Waals surface area contributed by atoms with Crippen molar-refractivity contribution in [3.05, 3.63) is 11.3 Å². The molecule has 0 saturated carbocycles. The molecule has 2 rings (SSSR count). The lowest BCUT2D eigenvalue weighted by Crippen LogP contribution is -2.53. The van der Waals surface area contributed by atoms with E-state index < -0.39 is 0 Å². The highest BCUT2D eigenvalue weighted by Crippen LogP contribution is 2.21. The predicted molar refractivity (Wildman–Crippen MR) is 102 cm³/mol. The van der Waals surface area contributed by atoms with Crippen molar-refractivity contribution < 1.29 is 0 Å². The van der Waals surface area contributed by atoms with Crippen molar-refractivity contribution in [2.75, 3.05) is 58.8 Å². The Morgan fingerprint density at radius 1 is 1.12 bits per heavy atom. The molecular formula is C18H36N6. The molecular weight excluding hydrogens is 300 g/mol. The zero-order chi connectivity index (χ0) is 17.9. The van der Waals surface area contributed by atoms with Crippen LogP contribution in [0.2, 0.25) is 0 Å². The topological polar surface area (TPSA) is 39.6 Å². The van der Waals surface area contributed by atoms with E-state index in [1.165, 1.54) is 37.6 Å². The van der Waals surface area contributed by atoms with Crippen LogP contribution in [0.5, 0.6) is 0 Å². The number of likely N-dealkylation sites (N-methyl/N-ethyl adjacent to an activating group) is 1. The molecule has 6 nitrogen and oxygen atoms in total. The fourth-order valence-corrected chi connectivity index (χ4v) is 3.74. The van der Waals surface area contributed by atoms with Crippen LogP contribution in [0.15, 0.2) is 0 Å². The van der Waals surface area contributed by atoms with Crippen LogP contribution < -0.4 is 10.2 Å². The van der Waals surface area contributed by atoms with Gasteiger partial charge in [-0.3, -0.25) is 9.58 Å². The van der Waals surface area contributed by atoms with Crippen molar-refractivity contribution in [3.8, 4) is 0 Å². The normalized spacial score (nSPS) is 18.3. The fraction of sp³-hybridized carbons (Fsp3) is 0.833. The number of aryl methyl sites for hydroxylation is 2. The van der Waals surface area contributed by atoms with E-state index in [0.29, 0.717) is 12.0 Å². The molecule has 1 aliphatic heterocycles. The number of nitrogens with zero attached hydrogens (tertiary/aromatic N) is 5. The smallest absolute Gasteiger partial charge is 0.130 e. The lowest BCUT2D eigenvalue weighted by Gasteiger charge is -2.40. The second kappa shape index (κ2) is 8.32. The molecule has 1 saturated heterocycles. The maximum Gasteiger partial charge on any atom is 0.130 e. The molecule has 1 aromatic rings. The predicted octanol–water partition coefficient (Wildman–Crippen LogP) is 1.16. The third-order valence-electron chi connectivity index (χ3n) is 5.17. The molecule has 1 N–H and O–H groups in total. The Labute approximate surface area is 147 Å². The van der Waals surface area contributed by atoms with Gasteiger partial charge in [0.2, 0.25) is 0 Å². The molecule has 24 heavy (non-hydrogen) atoms. The first kappa shape index (κ1) is 19.2. The average Bonchev–Trinajstić information content (AvgIpc) is 2.78. The molecule has 1 unspecified atom stereocenters. The van der Waals surface area contributed by atoms with E-state index in [4.69, 9.17) is 0 Å². The molecule has 0 amide bonds. The number of rotatable bonds is 7. The maximum absolute atomic E-state index is 4.58. The summed E-state index contributed by atoms with van der Waals surface area (Å²) in [5.74, 6) is 1.85. The van der Waals surface area contributed by atoms with Gasteiger partial charge in [0.25, 0.3) is 0 Å². The Kier molecular flexibility index (Phi) is 6.66. The Morgan fingerprint density at radius 2 is 1.75 bits per heavy atom. The summed E-state index contributed by atoms with van der Waals surface area (Å²) in [7, 11) is 8.41. The molecule has 1 aliphatic rings. The number of piperazine rings is 1. The van der Waals surface area contributed by atoms with E-state index in [0.717, 1.165) is 18.8 Å². The molecule has 0 bridgehead atoms. The Bertz CT molecular complexity index is 514. The molecule has 0 aromatic carbocycles. The van der Waals surface area contributed by atoms with Crippen molar-refractivity contribution in [2.24, 2.45) is 13.0 Å². The van der Waals surface area contributed by atoms with Gasteiger partial charge in [0.1, 0.15) is 5.82 Å². The SMILES string of the molecule is Cc1nn(C)c(N(C)C)c1CNCC(C(C)C)N1CCN(C)CC1. The van der Waals surface area contributed by atoms with Gasteiger partial charge < -0.3 is 15.1 Å². The Balaban J connectivity index is 1.96. The monoisotopic (exact) mass is 336 g/mol. The van der Waals surface area contributed by atoms with Crippen molar-refractivity contribution >= 4 is 5.82 Å². The number of anilines is 1. The first-order valence-corrected chi connectivity index (χ1v) is 9.14. The number of hydrogen-bond donors (Lipinski definition) is 1. The van der Waals surface area contributed by atoms with Crippen LogP contribution in [0.3, 0.4) is 0 Å². The lowest BCUT2D eigenvalue weighted by molar-refractivity contribution is 0.0875. The number of aromatic nitrogens is 2. The maximum atomic E-state index is 4.58. The van der Waals surface area contributed by atoms with Gasteiger partial charge in [-0.1, -0.05) is 13.8 Å². The highest BCUT2D eigenvalue weighted by Gasteiger charge is 2.25. The minimum atomic E-state index is 0.596. The summed E-state index contributed by atoms with van der Waals surface area (Å²) in [6.45, 7) is 13.4. The minimum absolute atomic E-state index is 0.596. The van der Waals surface area contributed by atoms with Crippen molar-refractivity contribution in [3.63, 3.8) is 0 Å². The van der Waals surface area contributed by atoms with Crippen LogP contribution in [0.1, 0.15) is 25.1 Å². The molecule has 1 aromatic heterocycles. The van der Waals surface area contributed by atoms with E-state index in [1.54, 1.807) is 0 Å². The first-order valence-electron chi connectivity index (χ1n) is 9.14. The van der Waals surface area contributed by atoms with Gasteiger partial charge in [0, 0.05) is 72.0 Å². The molecule has 138 valence electrons. The second-order valence-corrected chi connectivity index (χ2v) is 7.69. The minimum Gasteiger partial charge on any atom is -0.363 e. The summed E-state index contributed by atoms with van der Waals surface area (Å²) in [4.78, 5) is 7.22. The lowest BCUT2D eigenvalue weighted by atomic mass is 10.0. The Morgan fingerprint density at radius 3 is 2.29 bits per heavy atom. The molecule has 0 aliphatic carbocycles. The van der Waals surface area contributed by atoms with Crippen molar-refractivity contribution in [2.45, 2.75) is 33.4 Å². The van der Waals surface area contributed by atoms with Crippen LogP contribution in [0.4, 0.5) is 5.82 Å². The quantitative estimate of drug-likeness (QED) is 0.809. The number of nitrogens with one attached hydrogen (secondary N) is 1. The summed E-state index contributed by atoms with van der Waals surface area (Å²) >= 11 is 0. The van der Waals surface area contributed by atoms with Crippen molar-refractivity contribution in [1.29, 1.82) is 0 Å². The van der Waals surface area contributed by atoms with Gasteiger partial charge in [0.15, 0.2) is 0 Å². The second-order valence-electron chi connectivity index (χ2n) is 7.69. The van der Waals surface area contributed by atoms with Gasteiger partial charge in [0.05, 0.1) is 5.69 Å². The van der Waals surface area contributed by atoms with Gasteiger partial charge >= 0.3 is 0 Å². The van der Waals surface area contributed by atoms with Crippen LogP contribution >= 0.6 is 0 Å². The molecule has 2 heterocycles. The summed E-state index contributed by atoms with van der Waals surface area (Å²) in [6.07, 6.45) is 0. The van der Waals surface area contributed by atoms with E-state index in [-0.39, 0.29) is 0 Å². The van der Waals surface area contributed by atoms with E-state index in [9.17, 15) is 0 Å². The van der Waals surface area contributed by atoms with Gasteiger partial charge in [-0.2, -0.15) is 5.10 Å². The molecule has 1 atom stereocenters. The van der Waals surface area contributed by atoms with Crippen molar-refractivity contribution in [1.82, 2.24) is 24.9 Å². The third kappa shape index (κ3) is 4.49. The van der Waals surface area contributed by atoms with E-state index in [2.05, 4.69) is 67.0 Å². The van der Waals surface area contributed by atoms with E-state index >= 15 is 0 Å². The largest absolute Gasteiger partial charge is 0.363 e. The Hall–Kier alpha value is -1.11. The van der Waals surface area contributed by atoms with Crippen LogP contribution in [-0.2, 0) is 13.6 Å². The standard InChI is InChI=1S/C18H36N6/c1-14(2)17(24-10-8-22(6)9-11-24)13-19-12-16-15(3)20-23(7)18(16)21(4)5/h14,17,19H,8-13H2,1-7H3. The summed E-state index contributed by atoms with van der Waals surface area (Å²) in [5.41, 5.74) is 2.43. The van der Waals surface area contributed by atoms with Gasteiger partial charge in [-0.15, -0.1) is 0 Å². The third-order valence-corrected chi connectivity index (χ3v) is 5.17. The average molecular weight is 337 g/mol.